The van der Waals surface area contributed by atoms with Gasteiger partial charge in [0.2, 0.25) is 0 Å². The predicted octanol–water partition coefficient (Wildman–Crippen LogP) is 2.92. The summed E-state index contributed by atoms with van der Waals surface area (Å²) in [7, 11) is 0. The van der Waals surface area contributed by atoms with Crippen molar-refractivity contribution in [3.05, 3.63) is 35.4 Å². The molecular formula is C11H12F2O2S. The van der Waals surface area contributed by atoms with Crippen LogP contribution >= 0.6 is 11.8 Å². The Bertz CT molecular complexity index is 362. The number of thioether (sulfide) groups is 1. The minimum Gasteiger partial charge on any atom is -0.481 e. The topological polar surface area (TPSA) is 37.3 Å². The van der Waals surface area contributed by atoms with E-state index in [4.69, 9.17) is 5.11 Å². The van der Waals surface area contributed by atoms with E-state index in [-0.39, 0.29) is 11.3 Å². The molecule has 0 fully saturated rings. The summed E-state index contributed by atoms with van der Waals surface area (Å²) in [5, 5.41) is 8.63. The lowest BCUT2D eigenvalue weighted by molar-refractivity contribution is -0.140. The summed E-state index contributed by atoms with van der Waals surface area (Å²) in [5.41, 5.74) is 0.00471. The van der Waals surface area contributed by atoms with Crippen LogP contribution in [0.1, 0.15) is 12.5 Å². The van der Waals surface area contributed by atoms with Crippen LogP contribution in [0.4, 0.5) is 8.78 Å². The van der Waals surface area contributed by atoms with Crippen LogP contribution in [0.15, 0.2) is 18.2 Å². The summed E-state index contributed by atoms with van der Waals surface area (Å²) in [4.78, 5) is 10.5. The minimum atomic E-state index is -0.901. The summed E-state index contributed by atoms with van der Waals surface area (Å²) in [6.07, 6.45) is 0. The molecule has 0 saturated carbocycles. The van der Waals surface area contributed by atoms with Gasteiger partial charge >= 0.3 is 5.97 Å². The molecule has 0 aliphatic rings. The van der Waals surface area contributed by atoms with E-state index in [1.54, 1.807) is 6.92 Å². The highest BCUT2D eigenvalue weighted by Gasteiger charge is 2.13. The van der Waals surface area contributed by atoms with Crippen molar-refractivity contribution >= 4 is 17.7 Å². The van der Waals surface area contributed by atoms with E-state index in [2.05, 4.69) is 0 Å². The third-order valence-electron chi connectivity index (χ3n) is 2.10. The average Bonchev–Trinajstić information content (AvgIpc) is 2.22. The Labute approximate surface area is 96.7 Å². The average molecular weight is 246 g/mol. The molecule has 1 unspecified atom stereocenters. The van der Waals surface area contributed by atoms with Gasteiger partial charge in [0, 0.05) is 17.1 Å². The van der Waals surface area contributed by atoms with Crippen LogP contribution in [0.25, 0.3) is 0 Å². The van der Waals surface area contributed by atoms with Crippen LogP contribution in [-0.4, -0.2) is 16.8 Å². The highest BCUT2D eigenvalue weighted by atomic mass is 32.2. The quantitative estimate of drug-likeness (QED) is 0.868. The molecule has 0 aromatic heterocycles. The summed E-state index contributed by atoms with van der Waals surface area (Å²) < 4.78 is 26.3. The molecule has 0 amide bonds. The molecule has 16 heavy (non-hydrogen) atoms. The number of aliphatic carboxylic acids is 1. The molecule has 1 N–H and O–H groups in total. The van der Waals surface area contributed by atoms with E-state index >= 15 is 0 Å². The fourth-order valence-corrected chi connectivity index (χ4v) is 2.17. The summed E-state index contributed by atoms with van der Waals surface area (Å²) in [5.74, 6) is -2.11. The van der Waals surface area contributed by atoms with Crippen molar-refractivity contribution in [2.24, 2.45) is 5.92 Å². The van der Waals surface area contributed by atoms with E-state index in [0.717, 1.165) is 0 Å². The third kappa shape index (κ3) is 3.48. The first kappa shape index (κ1) is 13.0. The number of rotatable bonds is 5. The van der Waals surface area contributed by atoms with Crippen LogP contribution in [0, 0.1) is 17.6 Å². The maximum absolute atomic E-state index is 13.2. The van der Waals surface area contributed by atoms with E-state index in [9.17, 15) is 13.6 Å². The zero-order chi connectivity index (χ0) is 12.1. The Balaban J connectivity index is 2.52. The van der Waals surface area contributed by atoms with Gasteiger partial charge in [-0.05, 0) is 12.1 Å². The van der Waals surface area contributed by atoms with Crippen LogP contribution in [0.3, 0.4) is 0 Å². The second-order valence-corrected chi connectivity index (χ2v) is 4.48. The number of benzene rings is 1. The normalized spacial score (nSPS) is 12.4. The molecule has 88 valence electrons. The minimum absolute atomic E-state index is 0.00471. The maximum Gasteiger partial charge on any atom is 0.307 e. The first-order valence-electron chi connectivity index (χ1n) is 4.75. The monoisotopic (exact) mass is 246 g/mol. The standard InChI is InChI=1S/C11H12F2O2S/c1-7(11(14)15)5-16-6-8-9(12)3-2-4-10(8)13/h2-4,7H,5-6H2,1H3,(H,14,15). The molecule has 0 aliphatic heterocycles. The van der Waals surface area contributed by atoms with Gasteiger partial charge in [-0.3, -0.25) is 4.79 Å². The Morgan fingerprint density at radius 2 is 2.00 bits per heavy atom. The van der Waals surface area contributed by atoms with Crippen molar-refractivity contribution in [2.75, 3.05) is 5.75 Å². The molecule has 5 heteroatoms. The maximum atomic E-state index is 13.2. The largest absolute Gasteiger partial charge is 0.481 e. The Morgan fingerprint density at radius 3 is 2.50 bits per heavy atom. The molecule has 1 aromatic rings. The van der Waals surface area contributed by atoms with Crippen molar-refractivity contribution in [2.45, 2.75) is 12.7 Å². The SMILES string of the molecule is CC(CSCc1c(F)cccc1F)C(=O)O. The van der Waals surface area contributed by atoms with Gasteiger partial charge in [0.25, 0.3) is 0 Å². The van der Waals surface area contributed by atoms with Crippen LogP contribution < -0.4 is 0 Å². The van der Waals surface area contributed by atoms with E-state index < -0.39 is 23.5 Å². The zero-order valence-electron chi connectivity index (χ0n) is 8.74. The molecule has 1 aromatic carbocycles. The zero-order valence-corrected chi connectivity index (χ0v) is 9.56. The number of carboxylic acid groups (broad SMARTS) is 1. The van der Waals surface area contributed by atoms with Gasteiger partial charge in [0.15, 0.2) is 0 Å². The van der Waals surface area contributed by atoms with Crippen LogP contribution in [-0.2, 0) is 10.5 Å². The van der Waals surface area contributed by atoms with E-state index in [0.29, 0.717) is 5.75 Å². The van der Waals surface area contributed by atoms with Gasteiger partial charge in [-0.1, -0.05) is 13.0 Å². The summed E-state index contributed by atoms with van der Waals surface area (Å²) >= 11 is 1.21. The molecule has 0 saturated heterocycles. The lowest BCUT2D eigenvalue weighted by Gasteiger charge is -2.07. The molecule has 0 bridgehead atoms. The number of carboxylic acids is 1. The molecular weight excluding hydrogens is 234 g/mol. The van der Waals surface area contributed by atoms with Crippen molar-refractivity contribution < 1.29 is 18.7 Å². The molecule has 1 atom stereocenters. The van der Waals surface area contributed by atoms with Crippen LogP contribution in [0.5, 0.6) is 0 Å². The predicted molar refractivity (Wildman–Crippen MR) is 59.3 cm³/mol. The van der Waals surface area contributed by atoms with Gasteiger partial charge < -0.3 is 5.11 Å². The lowest BCUT2D eigenvalue weighted by Crippen LogP contribution is -2.12. The summed E-state index contributed by atoms with van der Waals surface area (Å²) in [6.45, 7) is 1.56. The number of carbonyl (C=O) groups is 1. The molecule has 2 nitrogen and oxygen atoms in total. The van der Waals surface area contributed by atoms with Gasteiger partial charge in [0.05, 0.1) is 5.92 Å². The molecule has 1 rings (SSSR count). The molecule has 0 heterocycles. The Morgan fingerprint density at radius 1 is 1.44 bits per heavy atom. The van der Waals surface area contributed by atoms with Gasteiger partial charge in [0.1, 0.15) is 11.6 Å². The Kier molecular flexibility index (Phi) is 4.73. The van der Waals surface area contributed by atoms with Crippen molar-refractivity contribution in [3.8, 4) is 0 Å². The van der Waals surface area contributed by atoms with Crippen molar-refractivity contribution in [1.82, 2.24) is 0 Å². The van der Waals surface area contributed by atoms with E-state index in [1.807, 2.05) is 0 Å². The second kappa shape index (κ2) is 5.84. The highest BCUT2D eigenvalue weighted by Crippen LogP contribution is 2.20. The van der Waals surface area contributed by atoms with Gasteiger partial charge in [-0.25, -0.2) is 8.78 Å². The second-order valence-electron chi connectivity index (χ2n) is 3.45. The third-order valence-corrected chi connectivity index (χ3v) is 3.33. The number of hydrogen-bond acceptors (Lipinski definition) is 2. The van der Waals surface area contributed by atoms with Gasteiger partial charge in [-0.15, -0.1) is 0 Å². The molecule has 0 radical (unpaired) electrons. The van der Waals surface area contributed by atoms with Crippen LogP contribution in [0.2, 0.25) is 0 Å². The lowest BCUT2D eigenvalue weighted by atomic mass is 10.2. The number of halogens is 2. The van der Waals surface area contributed by atoms with Crippen molar-refractivity contribution in [3.63, 3.8) is 0 Å². The fraction of sp³-hybridized carbons (Fsp3) is 0.364. The number of hydrogen-bond donors (Lipinski definition) is 1. The first-order chi connectivity index (χ1) is 7.52. The fourth-order valence-electron chi connectivity index (χ4n) is 1.08. The van der Waals surface area contributed by atoms with Crippen molar-refractivity contribution in [1.29, 1.82) is 0 Å². The highest BCUT2D eigenvalue weighted by molar-refractivity contribution is 7.98. The van der Waals surface area contributed by atoms with Gasteiger partial charge in [-0.2, -0.15) is 11.8 Å². The molecule has 0 spiro atoms. The Hall–Kier alpha value is -1.10. The van der Waals surface area contributed by atoms with E-state index in [1.165, 1.54) is 30.0 Å². The summed E-state index contributed by atoms with van der Waals surface area (Å²) in [6, 6.07) is 3.69. The smallest absolute Gasteiger partial charge is 0.307 e. The molecule has 0 aliphatic carbocycles. The first-order valence-corrected chi connectivity index (χ1v) is 5.91.